The van der Waals surface area contributed by atoms with Crippen LogP contribution in [0.1, 0.15) is 23.1 Å². The fourth-order valence-electron chi connectivity index (χ4n) is 1.57. The van der Waals surface area contributed by atoms with Crippen molar-refractivity contribution in [3.63, 3.8) is 0 Å². The van der Waals surface area contributed by atoms with Crippen LogP contribution in [0.3, 0.4) is 0 Å². The van der Waals surface area contributed by atoms with Crippen molar-refractivity contribution in [1.29, 1.82) is 0 Å². The number of nitrogens with two attached hydrogens (primary N) is 1. The second-order valence-electron chi connectivity index (χ2n) is 3.80. The highest BCUT2D eigenvalue weighted by atomic mass is 79.9. The number of carbonyl (C=O) groups excluding carboxylic acids is 1. The summed E-state index contributed by atoms with van der Waals surface area (Å²) in [5.41, 5.74) is 6.00. The zero-order chi connectivity index (χ0) is 13.8. The van der Waals surface area contributed by atoms with E-state index >= 15 is 0 Å². The molecule has 2 heterocycles. The number of carbonyl (C=O) groups is 1. The number of pyridine rings is 1. The zero-order valence-corrected chi connectivity index (χ0v) is 11.9. The average molecular weight is 325 g/mol. The van der Waals surface area contributed by atoms with Crippen molar-refractivity contribution in [2.45, 2.75) is 20.0 Å². The lowest BCUT2D eigenvalue weighted by atomic mass is 10.2. The van der Waals surface area contributed by atoms with Crippen LogP contribution in [-0.4, -0.2) is 25.7 Å². The highest BCUT2D eigenvalue weighted by Crippen LogP contribution is 2.15. The number of rotatable bonds is 4. The van der Waals surface area contributed by atoms with Crippen molar-refractivity contribution in [3.05, 3.63) is 34.5 Å². The number of hydrogen-bond donors (Lipinski definition) is 2. The third-order valence-corrected chi connectivity index (χ3v) is 3.01. The summed E-state index contributed by atoms with van der Waals surface area (Å²) in [6.45, 7) is 3.02. The molecule has 8 heteroatoms. The fourth-order valence-corrected chi connectivity index (χ4v) is 1.90. The number of amides is 1. The van der Waals surface area contributed by atoms with E-state index in [4.69, 9.17) is 5.73 Å². The van der Waals surface area contributed by atoms with E-state index in [1.807, 2.05) is 11.5 Å². The quantitative estimate of drug-likeness (QED) is 0.873. The van der Waals surface area contributed by atoms with Crippen LogP contribution >= 0.6 is 15.9 Å². The Bertz CT molecular complexity index is 597. The molecular weight excluding hydrogens is 312 g/mol. The van der Waals surface area contributed by atoms with Gasteiger partial charge in [-0.05, 0) is 28.9 Å². The Kier molecular flexibility index (Phi) is 4.10. The minimum absolute atomic E-state index is 0.192. The molecule has 1 amide bonds. The van der Waals surface area contributed by atoms with Gasteiger partial charge in [-0.25, -0.2) is 4.98 Å². The van der Waals surface area contributed by atoms with Gasteiger partial charge in [0.25, 0.3) is 5.91 Å². The van der Waals surface area contributed by atoms with E-state index in [1.165, 1.54) is 0 Å². The number of aryl methyl sites for hydroxylation is 1. The average Bonchev–Trinajstić information content (AvgIpc) is 2.86. The van der Waals surface area contributed by atoms with E-state index in [0.29, 0.717) is 22.4 Å². The lowest BCUT2D eigenvalue weighted by Crippen LogP contribution is -2.25. The molecule has 0 spiro atoms. The number of nitrogens with zero attached hydrogens (tertiary/aromatic N) is 4. The summed E-state index contributed by atoms with van der Waals surface area (Å²) in [5, 5.41) is 10.5. The number of nitrogen functional groups attached to an aromatic ring is 1. The number of halogens is 1. The van der Waals surface area contributed by atoms with E-state index in [-0.39, 0.29) is 11.7 Å². The van der Waals surface area contributed by atoms with Crippen LogP contribution in [0.2, 0.25) is 0 Å². The van der Waals surface area contributed by atoms with Crippen LogP contribution in [-0.2, 0) is 13.1 Å². The Morgan fingerprint density at radius 1 is 1.58 bits per heavy atom. The molecule has 0 aliphatic carbocycles. The number of nitrogens with one attached hydrogen (secondary N) is 1. The van der Waals surface area contributed by atoms with Gasteiger partial charge in [0.2, 0.25) is 0 Å². The molecule has 0 aromatic carbocycles. The smallest absolute Gasteiger partial charge is 0.255 e. The lowest BCUT2D eigenvalue weighted by Gasteiger charge is -2.07. The van der Waals surface area contributed by atoms with Crippen molar-refractivity contribution in [3.8, 4) is 0 Å². The lowest BCUT2D eigenvalue weighted by molar-refractivity contribution is 0.0950. The molecule has 0 unspecified atom stereocenters. The van der Waals surface area contributed by atoms with Gasteiger partial charge in [0.05, 0.1) is 12.1 Å². The highest BCUT2D eigenvalue weighted by Gasteiger charge is 2.12. The molecule has 3 N–H and O–H groups in total. The van der Waals surface area contributed by atoms with Gasteiger partial charge in [-0.3, -0.25) is 4.79 Å². The van der Waals surface area contributed by atoms with E-state index in [9.17, 15) is 4.79 Å². The van der Waals surface area contributed by atoms with Gasteiger partial charge in [0.1, 0.15) is 12.1 Å². The van der Waals surface area contributed by atoms with E-state index in [1.54, 1.807) is 18.6 Å². The molecular formula is C11H13BrN6O. The Labute approximate surface area is 118 Å². The zero-order valence-electron chi connectivity index (χ0n) is 10.3. The number of hydrogen-bond acceptors (Lipinski definition) is 5. The van der Waals surface area contributed by atoms with Crippen LogP contribution in [0.15, 0.2) is 23.1 Å². The second kappa shape index (κ2) is 5.79. The second-order valence-corrected chi connectivity index (χ2v) is 4.72. The molecule has 19 heavy (non-hydrogen) atoms. The first-order valence-electron chi connectivity index (χ1n) is 5.67. The van der Waals surface area contributed by atoms with E-state index in [0.717, 1.165) is 6.54 Å². The van der Waals surface area contributed by atoms with Crippen LogP contribution in [0.4, 0.5) is 5.82 Å². The Morgan fingerprint density at radius 2 is 2.37 bits per heavy atom. The number of anilines is 1. The Morgan fingerprint density at radius 3 is 3.11 bits per heavy atom. The molecule has 0 saturated carbocycles. The third-order valence-electron chi connectivity index (χ3n) is 2.57. The molecule has 0 fully saturated rings. The number of aromatic nitrogens is 4. The monoisotopic (exact) mass is 324 g/mol. The van der Waals surface area contributed by atoms with Crippen LogP contribution < -0.4 is 11.1 Å². The van der Waals surface area contributed by atoms with Gasteiger partial charge in [0.15, 0.2) is 5.82 Å². The minimum Gasteiger partial charge on any atom is -0.383 e. The Balaban J connectivity index is 2.07. The molecule has 100 valence electrons. The predicted octanol–water partition coefficient (Wildman–Crippen LogP) is 0.968. The van der Waals surface area contributed by atoms with Gasteiger partial charge >= 0.3 is 0 Å². The maximum atomic E-state index is 12.0. The molecule has 0 radical (unpaired) electrons. The molecule has 0 bridgehead atoms. The van der Waals surface area contributed by atoms with Crippen LogP contribution in [0, 0.1) is 0 Å². The van der Waals surface area contributed by atoms with E-state index < -0.39 is 0 Å². The first-order chi connectivity index (χ1) is 9.11. The summed E-state index contributed by atoms with van der Waals surface area (Å²) in [5.74, 6) is 0.590. The summed E-state index contributed by atoms with van der Waals surface area (Å²) in [6.07, 6.45) is 3.16. The molecule has 2 aromatic rings. The van der Waals surface area contributed by atoms with Gasteiger partial charge in [-0.2, -0.15) is 0 Å². The van der Waals surface area contributed by atoms with Crippen molar-refractivity contribution < 1.29 is 4.79 Å². The molecule has 2 rings (SSSR count). The molecule has 0 atom stereocenters. The predicted molar refractivity (Wildman–Crippen MR) is 73.2 cm³/mol. The fraction of sp³-hybridized carbons (Fsp3) is 0.273. The molecule has 7 nitrogen and oxygen atoms in total. The van der Waals surface area contributed by atoms with Crippen molar-refractivity contribution in [2.24, 2.45) is 0 Å². The van der Waals surface area contributed by atoms with Gasteiger partial charge in [0, 0.05) is 17.2 Å². The SMILES string of the molecule is CCn1cnnc1CNC(=O)c1cc(Br)cnc1N. The summed E-state index contributed by atoms with van der Waals surface area (Å²) < 4.78 is 2.55. The van der Waals surface area contributed by atoms with Crippen molar-refractivity contribution in [1.82, 2.24) is 25.1 Å². The largest absolute Gasteiger partial charge is 0.383 e. The topological polar surface area (TPSA) is 98.7 Å². The van der Waals surface area contributed by atoms with Gasteiger partial charge < -0.3 is 15.6 Å². The standard InChI is InChI=1S/C11H13BrN6O/c1-2-18-6-16-17-9(18)5-15-11(19)8-3-7(12)4-14-10(8)13/h3-4,6H,2,5H2,1H3,(H2,13,14)(H,15,19). The third kappa shape index (κ3) is 3.08. The molecule has 0 aliphatic heterocycles. The summed E-state index contributed by atoms with van der Waals surface area (Å²) in [4.78, 5) is 15.9. The molecule has 0 aliphatic rings. The highest BCUT2D eigenvalue weighted by molar-refractivity contribution is 9.10. The van der Waals surface area contributed by atoms with Gasteiger partial charge in [-0.1, -0.05) is 0 Å². The summed E-state index contributed by atoms with van der Waals surface area (Å²) >= 11 is 3.25. The molecule has 2 aromatic heterocycles. The van der Waals surface area contributed by atoms with Crippen molar-refractivity contribution >= 4 is 27.7 Å². The molecule has 0 saturated heterocycles. The van der Waals surface area contributed by atoms with Crippen LogP contribution in [0.5, 0.6) is 0 Å². The van der Waals surface area contributed by atoms with Crippen molar-refractivity contribution in [2.75, 3.05) is 5.73 Å². The maximum absolute atomic E-state index is 12.0. The normalized spacial score (nSPS) is 10.4. The summed E-state index contributed by atoms with van der Waals surface area (Å²) in [6, 6.07) is 1.63. The Hall–Kier alpha value is -1.96. The van der Waals surface area contributed by atoms with E-state index in [2.05, 4.69) is 36.4 Å². The minimum atomic E-state index is -0.294. The first kappa shape index (κ1) is 13.5. The maximum Gasteiger partial charge on any atom is 0.255 e. The van der Waals surface area contributed by atoms with Crippen LogP contribution in [0.25, 0.3) is 0 Å². The first-order valence-corrected chi connectivity index (χ1v) is 6.47. The van der Waals surface area contributed by atoms with Gasteiger partial charge in [-0.15, -0.1) is 10.2 Å². The summed E-state index contributed by atoms with van der Waals surface area (Å²) in [7, 11) is 0.